The van der Waals surface area contributed by atoms with Crippen LogP contribution in [0.3, 0.4) is 0 Å². The van der Waals surface area contributed by atoms with Crippen molar-refractivity contribution >= 4 is 0 Å². The zero-order valence-corrected chi connectivity index (χ0v) is 16.4. The predicted molar refractivity (Wildman–Crippen MR) is 110 cm³/mol. The summed E-state index contributed by atoms with van der Waals surface area (Å²) >= 11 is 0. The molecule has 0 N–H and O–H groups in total. The molecule has 0 amide bonds. The summed E-state index contributed by atoms with van der Waals surface area (Å²) in [5, 5.41) is 0. The summed E-state index contributed by atoms with van der Waals surface area (Å²) in [6, 6.07) is 18.0. The maximum atomic E-state index is 2.61. The first kappa shape index (κ1) is 19.7. The van der Waals surface area contributed by atoms with Gasteiger partial charge in [0.15, 0.2) is 0 Å². The van der Waals surface area contributed by atoms with Gasteiger partial charge >= 0.3 is 0 Å². The highest BCUT2D eigenvalue weighted by Gasteiger charge is 2.07. The molecule has 0 radical (unpaired) electrons. The largest absolute Gasteiger partial charge is 0.295 e. The lowest BCUT2D eigenvalue weighted by atomic mass is 10.1. The van der Waals surface area contributed by atoms with E-state index < -0.39 is 0 Å². The summed E-state index contributed by atoms with van der Waals surface area (Å²) in [6.45, 7) is 9.87. The van der Waals surface area contributed by atoms with Gasteiger partial charge in [-0.25, -0.2) is 0 Å². The number of nitrogens with zero attached hydrogens (tertiary/aromatic N) is 1. The summed E-state index contributed by atoms with van der Waals surface area (Å²) in [7, 11) is 0. The smallest absolute Gasteiger partial charge is 0.0237 e. The normalized spacial score (nSPS) is 11.2. The van der Waals surface area contributed by atoms with Crippen molar-refractivity contribution in [3.05, 3.63) is 70.8 Å². The van der Waals surface area contributed by atoms with Gasteiger partial charge in [-0.3, -0.25) is 4.90 Å². The van der Waals surface area contributed by atoms with E-state index in [1.807, 2.05) is 0 Å². The Labute approximate surface area is 155 Å². The van der Waals surface area contributed by atoms with Crippen molar-refractivity contribution in [2.75, 3.05) is 6.54 Å². The lowest BCUT2D eigenvalue weighted by molar-refractivity contribution is 0.250. The van der Waals surface area contributed by atoms with Gasteiger partial charge in [-0.2, -0.15) is 0 Å². The topological polar surface area (TPSA) is 3.24 Å². The van der Waals surface area contributed by atoms with Crippen molar-refractivity contribution in [1.29, 1.82) is 0 Å². The predicted octanol–water partition coefficient (Wildman–Crippen LogP) is 6.67. The summed E-state index contributed by atoms with van der Waals surface area (Å²) in [6.07, 6.45) is 8.16. The fourth-order valence-electron chi connectivity index (χ4n) is 3.23. The van der Waals surface area contributed by atoms with Crippen LogP contribution in [0.1, 0.15) is 67.7 Å². The highest BCUT2D eigenvalue weighted by atomic mass is 15.1. The number of aryl methyl sites for hydroxylation is 2. The van der Waals surface area contributed by atoms with E-state index >= 15 is 0 Å². The molecule has 136 valence electrons. The third-order valence-corrected chi connectivity index (χ3v) is 4.88. The second-order valence-corrected chi connectivity index (χ2v) is 7.45. The van der Waals surface area contributed by atoms with Crippen LogP contribution in [-0.2, 0) is 13.1 Å². The van der Waals surface area contributed by atoms with Crippen LogP contribution in [-0.4, -0.2) is 11.4 Å². The van der Waals surface area contributed by atoms with Crippen molar-refractivity contribution in [2.24, 2.45) is 0 Å². The Morgan fingerprint density at radius 2 is 1.04 bits per heavy atom. The number of hydrogen-bond donors (Lipinski definition) is 0. The molecule has 0 spiro atoms. The number of unbranched alkanes of at least 4 members (excludes halogenated alkanes) is 5. The van der Waals surface area contributed by atoms with Crippen LogP contribution in [0.5, 0.6) is 0 Å². The Kier molecular flexibility index (Phi) is 8.76. The molecule has 2 rings (SSSR count). The molecule has 0 saturated carbocycles. The van der Waals surface area contributed by atoms with Crippen molar-refractivity contribution in [2.45, 2.75) is 72.4 Å². The number of benzene rings is 2. The van der Waals surface area contributed by atoms with Gasteiger partial charge in [0.2, 0.25) is 0 Å². The fourth-order valence-corrected chi connectivity index (χ4v) is 3.23. The van der Waals surface area contributed by atoms with Crippen LogP contribution >= 0.6 is 0 Å². The van der Waals surface area contributed by atoms with Gasteiger partial charge < -0.3 is 0 Å². The minimum absolute atomic E-state index is 1.04. The molecule has 0 unspecified atom stereocenters. The molecule has 0 aromatic heterocycles. The minimum atomic E-state index is 1.04. The fraction of sp³-hybridized carbons (Fsp3) is 0.500. The quantitative estimate of drug-likeness (QED) is 0.414. The zero-order valence-electron chi connectivity index (χ0n) is 16.4. The summed E-state index contributed by atoms with van der Waals surface area (Å²) in [5.41, 5.74) is 5.52. The monoisotopic (exact) mass is 337 g/mol. The molecule has 0 atom stereocenters. The molecular formula is C24H35N. The minimum Gasteiger partial charge on any atom is -0.295 e. The first-order chi connectivity index (χ1) is 12.2. The lowest BCUT2D eigenvalue weighted by Crippen LogP contribution is -2.24. The van der Waals surface area contributed by atoms with Crippen LogP contribution in [0.4, 0.5) is 0 Å². The van der Waals surface area contributed by atoms with E-state index in [4.69, 9.17) is 0 Å². The van der Waals surface area contributed by atoms with Gasteiger partial charge in [0.05, 0.1) is 0 Å². The van der Waals surface area contributed by atoms with E-state index in [2.05, 4.69) is 74.2 Å². The summed E-state index contributed by atoms with van der Waals surface area (Å²) in [5.74, 6) is 0. The molecule has 0 saturated heterocycles. The summed E-state index contributed by atoms with van der Waals surface area (Å²) < 4.78 is 0. The number of hydrogen-bond acceptors (Lipinski definition) is 1. The van der Waals surface area contributed by atoms with Gasteiger partial charge in [-0.1, -0.05) is 98.7 Å². The van der Waals surface area contributed by atoms with Crippen LogP contribution in [0.15, 0.2) is 48.5 Å². The van der Waals surface area contributed by atoms with Gasteiger partial charge in [-0.05, 0) is 37.9 Å². The van der Waals surface area contributed by atoms with Crippen LogP contribution in [0, 0.1) is 13.8 Å². The molecule has 0 heterocycles. The third kappa shape index (κ3) is 7.88. The van der Waals surface area contributed by atoms with E-state index in [0.29, 0.717) is 0 Å². The SMILES string of the molecule is CCCCCCCCN(Cc1ccc(C)cc1)Cc1ccc(C)cc1. The van der Waals surface area contributed by atoms with E-state index in [0.717, 1.165) is 13.1 Å². The van der Waals surface area contributed by atoms with Crippen molar-refractivity contribution < 1.29 is 0 Å². The lowest BCUT2D eigenvalue weighted by Gasteiger charge is -2.23. The molecular weight excluding hydrogens is 302 g/mol. The molecule has 2 aromatic carbocycles. The van der Waals surface area contributed by atoms with Crippen molar-refractivity contribution in [3.63, 3.8) is 0 Å². The molecule has 0 fully saturated rings. The van der Waals surface area contributed by atoms with Gasteiger partial charge in [0, 0.05) is 13.1 Å². The van der Waals surface area contributed by atoms with E-state index in [1.165, 1.54) is 67.3 Å². The zero-order chi connectivity index (χ0) is 17.9. The Balaban J connectivity index is 1.90. The first-order valence-electron chi connectivity index (χ1n) is 10.0. The molecule has 0 aliphatic rings. The molecule has 25 heavy (non-hydrogen) atoms. The molecule has 1 nitrogen and oxygen atoms in total. The molecule has 2 aromatic rings. The Morgan fingerprint density at radius 3 is 1.52 bits per heavy atom. The van der Waals surface area contributed by atoms with E-state index in [-0.39, 0.29) is 0 Å². The van der Waals surface area contributed by atoms with Gasteiger partial charge in [-0.15, -0.1) is 0 Å². The van der Waals surface area contributed by atoms with E-state index in [1.54, 1.807) is 0 Å². The second kappa shape index (κ2) is 11.1. The van der Waals surface area contributed by atoms with Gasteiger partial charge in [0.1, 0.15) is 0 Å². The molecule has 0 aliphatic heterocycles. The highest BCUT2D eigenvalue weighted by Crippen LogP contribution is 2.14. The van der Waals surface area contributed by atoms with Crippen LogP contribution in [0.2, 0.25) is 0 Å². The Morgan fingerprint density at radius 1 is 0.600 bits per heavy atom. The average molecular weight is 338 g/mol. The molecule has 0 bridgehead atoms. The van der Waals surface area contributed by atoms with Crippen LogP contribution < -0.4 is 0 Å². The Bertz CT molecular complexity index is 535. The maximum Gasteiger partial charge on any atom is 0.0237 e. The van der Waals surface area contributed by atoms with Crippen LogP contribution in [0.25, 0.3) is 0 Å². The molecule has 1 heteroatoms. The standard InChI is InChI=1S/C24H35N/c1-4-5-6-7-8-9-18-25(19-23-14-10-21(2)11-15-23)20-24-16-12-22(3)13-17-24/h10-17H,4-9,18-20H2,1-3H3. The van der Waals surface area contributed by atoms with Gasteiger partial charge in [0.25, 0.3) is 0 Å². The Hall–Kier alpha value is -1.60. The highest BCUT2D eigenvalue weighted by molar-refractivity contribution is 5.23. The number of rotatable bonds is 11. The summed E-state index contributed by atoms with van der Waals surface area (Å²) in [4.78, 5) is 2.61. The average Bonchev–Trinajstić information content (AvgIpc) is 2.62. The maximum absolute atomic E-state index is 2.61. The van der Waals surface area contributed by atoms with Crippen molar-refractivity contribution in [1.82, 2.24) is 4.90 Å². The second-order valence-electron chi connectivity index (χ2n) is 7.45. The molecule has 0 aliphatic carbocycles. The van der Waals surface area contributed by atoms with E-state index in [9.17, 15) is 0 Å². The third-order valence-electron chi connectivity index (χ3n) is 4.88. The first-order valence-corrected chi connectivity index (χ1v) is 10.0. The van der Waals surface area contributed by atoms with Crippen molar-refractivity contribution in [3.8, 4) is 0 Å².